The predicted molar refractivity (Wildman–Crippen MR) is 94.1 cm³/mol. The van der Waals surface area contributed by atoms with Gasteiger partial charge in [0, 0.05) is 6.54 Å². The molecule has 0 aliphatic rings. The summed E-state index contributed by atoms with van der Waals surface area (Å²) >= 11 is 0. The van der Waals surface area contributed by atoms with Crippen molar-refractivity contribution in [3.8, 4) is 5.75 Å². The first-order chi connectivity index (χ1) is 11.7. The van der Waals surface area contributed by atoms with Crippen molar-refractivity contribution >= 4 is 16.9 Å². The van der Waals surface area contributed by atoms with Crippen LogP contribution in [0.25, 0.3) is 11.0 Å². The van der Waals surface area contributed by atoms with Gasteiger partial charge in [0.15, 0.2) is 0 Å². The summed E-state index contributed by atoms with van der Waals surface area (Å²) in [7, 11) is 0. The van der Waals surface area contributed by atoms with Gasteiger partial charge >= 0.3 is 0 Å². The van der Waals surface area contributed by atoms with Gasteiger partial charge in [-0.15, -0.1) is 0 Å². The van der Waals surface area contributed by atoms with Gasteiger partial charge in [0.05, 0.1) is 30.4 Å². The number of amides is 1. The van der Waals surface area contributed by atoms with Crippen molar-refractivity contribution < 1.29 is 9.53 Å². The van der Waals surface area contributed by atoms with Gasteiger partial charge in [0.2, 0.25) is 5.91 Å². The number of imidazole rings is 1. The standard InChI is InChI=1S/C19H21N3O2/c1-2-24-16-6-3-14(4-7-16)12-19(23)20-10-9-15-5-8-17-18(11-15)22-13-21-17/h3-8,11,13H,2,9-10,12H2,1H3,(H,20,23)(H,21,22). The topological polar surface area (TPSA) is 67.0 Å². The lowest BCUT2D eigenvalue weighted by Gasteiger charge is -2.07. The summed E-state index contributed by atoms with van der Waals surface area (Å²) in [6.45, 7) is 3.21. The number of carbonyl (C=O) groups is 1. The van der Waals surface area contributed by atoms with Gasteiger partial charge in [-0.3, -0.25) is 4.79 Å². The minimum absolute atomic E-state index is 0.0294. The second-order valence-corrected chi connectivity index (χ2v) is 5.61. The maximum atomic E-state index is 12.0. The van der Waals surface area contributed by atoms with Crippen LogP contribution in [0.4, 0.5) is 0 Å². The fourth-order valence-corrected chi connectivity index (χ4v) is 2.60. The van der Waals surface area contributed by atoms with E-state index in [4.69, 9.17) is 4.74 Å². The van der Waals surface area contributed by atoms with Gasteiger partial charge in [-0.25, -0.2) is 4.98 Å². The molecule has 5 nitrogen and oxygen atoms in total. The number of benzene rings is 2. The maximum absolute atomic E-state index is 12.0. The normalized spacial score (nSPS) is 10.7. The van der Waals surface area contributed by atoms with Crippen LogP contribution in [-0.4, -0.2) is 29.0 Å². The Hall–Kier alpha value is -2.82. The SMILES string of the molecule is CCOc1ccc(CC(=O)NCCc2ccc3nc[nH]c3c2)cc1. The molecule has 24 heavy (non-hydrogen) atoms. The molecule has 3 aromatic rings. The van der Waals surface area contributed by atoms with E-state index >= 15 is 0 Å². The van der Waals surface area contributed by atoms with Gasteiger partial charge in [0.25, 0.3) is 0 Å². The lowest BCUT2D eigenvalue weighted by molar-refractivity contribution is -0.120. The largest absolute Gasteiger partial charge is 0.494 e. The molecule has 1 amide bonds. The quantitative estimate of drug-likeness (QED) is 0.702. The lowest BCUT2D eigenvalue weighted by atomic mass is 10.1. The van der Waals surface area contributed by atoms with Crippen molar-refractivity contribution in [2.45, 2.75) is 19.8 Å². The monoisotopic (exact) mass is 323 g/mol. The van der Waals surface area contributed by atoms with Crippen LogP contribution in [0, 0.1) is 0 Å². The molecule has 5 heteroatoms. The van der Waals surface area contributed by atoms with E-state index in [2.05, 4.69) is 21.4 Å². The highest BCUT2D eigenvalue weighted by Gasteiger charge is 2.04. The maximum Gasteiger partial charge on any atom is 0.224 e. The van der Waals surface area contributed by atoms with Crippen molar-refractivity contribution in [1.29, 1.82) is 0 Å². The molecule has 0 saturated carbocycles. The summed E-state index contributed by atoms with van der Waals surface area (Å²) < 4.78 is 5.40. The smallest absolute Gasteiger partial charge is 0.224 e. The molecule has 124 valence electrons. The molecule has 2 N–H and O–H groups in total. The minimum Gasteiger partial charge on any atom is -0.494 e. The number of nitrogens with one attached hydrogen (secondary N) is 2. The molecule has 0 aliphatic heterocycles. The van der Waals surface area contributed by atoms with Crippen LogP contribution in [0.5, 0.6) is 5.75 Å². The molecule has 0 unspecified atom stereocenters. The fraction of sp³-hybridized carbons (Fsp3) is 0.263. The highest BCUT2D eigenvalue weighted by molar-refractivity contribution is 5.78. The summed E-state index contributed by atoms with van der Waals surface area (Å²) in [4.78, 5) is 19.3. The number of rotatable bonds is 7. The molecule has 0 fully saturated rings. The van der Waals surface area contributed by atoms with E-state index < -0.39 is 0 Å². The summed E-state index contributed by atoms with van der Waals surface area (Å²) in [6, 6.07) is 13.7. The average Bonchev–Trinajstić information content (AvgIpc) is 3.05. The second-order valence-electron chi connectivity index (χ2n) is 5.61. The van der Waals surface area contributed by atoms with Crippen LogP contribution >= 0.6 is 0 Å². The first kappa shape index (κ1) is 16.1. The van der Waals surface area contributed by atoms with Crippen LogP contribution in [0.15, 0.2) is 48.8 Å². The Morgan fingerprint density at radius 1 is 1.17 bits per heavy atom. The third-order valence-corrected chi connectivity index (χ3v) is 3.82. The van der Waals surface area contributed by atoms with E-state index in [1.807, 2.05) is 43.3 Å². The summed E-state index contributed by atoms with van der Waals surface area (Å²) in [5.41, 5.74) is 4.13. The number of hydrogen-bond acceptors (Lipinski definition) is 3. The Morgan fingerprint density at radius 2 is 1.96 bits per heavy atom. The van der Waals surface area contributed by atoms with Gasteiger partial charge in [-0.05, 0) is 48.7 Å². The zero-order valence-electron chi connectivity index (χ0n) is 13.7. The summed E-state index contributed by atoms with van der Waals surface area (Å²) in [5.74, 6) is 0.859. The highest BCUT2D eigenvalue weighted by atomic mass is 16.5. The van der Waals surface area contributed by atoms with E-state index in [9.17, 15) is 4.79 Å². The molecule has 0 saturated heterocycles. The zero-order valence-corrected chi connectivity index (χ0v) is 13.7. The van der Waals surface area contributed by atoms with Gasteiger partial charge < -0.3 is 15.0 Å². The Labute approximate surface area is 141 Å². The molecular weight excluding hydrogens is 302 g/mol. The number of aromatic amines is 1. The molecule has 0 radical (unpaired) electrons. The molecule has 0 bridgehead atoms. The van der Waals surface area contributed by atoms with Crippen molar-refractivity contribution in [2.24, 2.45) is 0 Å². The molecule has 2 aromatic carbocycles. The van der Waals surface area contributed by atoms with Gasteiger partial charge in [-0.2, -0.15) is 0 Å². The first-order valence-corrected chi connectivity index (χ1v) is 8.15. The van der Waals surface area contributed by atoms with Crippen LogP contribution in [0.1, 0.15) is 18.1 Å². The predicted octanol–water partition coefficient (Wildman–Crippen LogP) is 2.86. The third-order valence-electron chi connectivity index (χ3n) is 3.82. The fourth-order valence-electron chi connectivity index (χ4n) is 2.60. The highest BCUT2D eigenvalue weighted by Crippen LogP contribution is 2.13. The number of aromatic nitrogens is 2. The minimum atomic E-state index is 0.0294. The molecule has 0 spiro atoms. The van der Waals surface area contributed by atoms with E-state index in [1.165, 1.54) is 5.56 Å². The van der Waals surface area contributed by atoms with E-state index in [1.54, 1.807) is 6.33 Å². The third kappa shape index (κ3) is 4.13. The van der Waals surface area contributed by atoms with Crippen molar-refractivity contribution in [3.63, 3.8) is 0 Å². The molecular formula is C19H21N3O2. The van der Waals surface area contributed by atoms with Crippen LogP contribution in [-0.2, 0) is 17.6 Å². The van der Waals surface area contributed by atoms with E-state index in [-0.39, 0.29) is 5.91 Å². The van der Waals surface area contributed by atoms with Crippen LogP contribution < -0.4 is 10.1 Å². The molecule has 1 aromatic heterocycles. The number of carbonyl (C=O) groups excluding carboxylic acids is 1. The summed E-state index contributed by atoms with van der Waals surface area (Å²) in [5, 5.41) is 2.97. The van der Waals surface area contributed by atoms with Gasteiger partial charge in [-0.1, -0.05) is 18.2 Å². The zero-order chi connectivity index (χ0) is 16.8. The van der Waals surface area contributed by atoms with Crippen LogP contribution in [0.3, 0.4) is 0 Å². The second kappa shape index (κ2) is 7.64. The van der Waals surface area contributed by atoms with Crippen molar-refractivity contribution in [1.82, 2.24) is 15.3 Å². The molecule has 0 aliphatic carbocycles. The van der Waals surface area contributed by atoms with E-state index in [0.29, 0.717) is 19.6 Å². The number of ether oxygens (including phenoxy) is 1. The Morgan fingerprint density at radius 3 is 2.75 bits per heavy atom. The summed E-state index contributed by atoms with van der Waals surface area (Å²) in [6.07, 6.45) is 2.86. The molecule has 0 atom stereocenters. The Kier molecular flexibility index (Phi) is 5.11. The Balaban J connectivity index is 1.46. The first-order valence-electron chi connectivity index (χ1n) is 8.15. The van der Waals surface area contributed by atoms with Crippen molar-refractivity contribution in [2.75, 3.05) is 13.2 Å². The number of hydrogen-bond donors (Lipinski definition) is 2. The average molecular weight is 323 g/mol. The van der Waals surface area contributed by atoms with E-state index in [0.717, 1.165) is 28.8 Å². The lowest BCUT2D eigenvalue weighted by Crippen LogP contribution is -2.27. The van der Waals surface area contributed by atoms with Crippen LogP contribution in [0.2, 0.25) is 0 Å². The number of fused-ring (bicyclic) bond motifs is 1. The number of H-pyrrole nitrogens is 1. The molecule has 3 rings (SSSR count). The molecule has 1 heterocycles. The number of nitrogens with zero attached hydrogens (tertiary/aromatic N) is 1. The van der Waals surface area contributed by atoms with Crippen molar-refractivity contribution in [3.05, 3.63) is 59.9 Å². The Bertz CT molecular complexity index is 809. The van der Waals surface area contributed by atoms with Gasteiger partial charge in [0.1, 0.15) is 5.75 Å².